The summed E-state index contributed by atoms with van der Waals surface area (Å²) in [7, 11) is 1.60. The first-order valence-electron chi connectivity index (χ1n) is 4.53. The van der Waals surface area contributed by atoms with E-state index in [0.29, 0.717) is 6.54 Å². The average molecular weight is 182 g/mol. The van der Waals surface area contributed by atoms with Crippen molar-refractivity contribution in [2.45, 2.75) is 25.9 Å². The Bertz CT molecular complexity index is 261. The van der Waals surface area contributed by atoms with E-state index in [1.54, 1.807) is 7.05 Å². The van der Waals surface area contributed by atoms with E-state index in [1.807, 2.05) is 10.9 Å². The first-order valence-corrected chi connectivity index (χ1v) is 4.53. The summed E-state index contributed by atoms with van der Waals surface area (Å²) in [4.78, 5) is 0. The molecule has 0 unspecified atom stereocenters. The van der Waals surface area contributed by atoms with Crippen LogP contribution in [-0.4, -0.2) is 32.3 Å². The van der Waals surface area contributed by atoms with Gasteiger partial charge in [0, 0.05) is 19.8 Å². The number of aromatic nitrogens is 3. The lowest BCUT2D eigenvalue weighted by molar-refractivity contribution is -0.0740. The average Bonchev–Trinajstić information content (AvgIpc) is 2.73. The van der Waals surface area contributed by atoms with E-state index in [0.717, 1.165) is 23.2 Å². The highest BCUT2D eigenvalue weighted by molar-refractivity contribution is 4.91. The molecular formula is C8H14N4O. The third kappa shape index (κ3) is 2.50. The molecule has 0 saturated heterocycles. The third-order valence-electron chi connectivity index (χ3n) is 2.12. The SMILES string of the molecule is CN(O)Cc1cn(CC2CC2)nn1. The van der Waals surface area contributed by atoms with Crippen molar-refractivity contribution in [3.05, 3.63) is 11.9 Å². The van der Waals surface area contributed by atoms with Crippen LogP contribution in [0.2, 0.25) is 0 Å². The summed E-state index contributed by atoms with van der Waals surface area (Å²) in [6.07, 6.45) is 4.52. The fraction of sp³-hybridized carbons (Fsp3) is 0.750. The van der Waals surface area contributed by atoms with Crippen LogP contribution in [0.25, 0.3) is 0 Å². The Balaban J connectivity index is 1.91. The van der Waals surface area contributed by atoms with Gasteiger partial charge in [-0.1, -0.05) is 5.21 Å². The molecule has 1 aromatic heterocycles. The van der Waals surface area contributed by atoms with E-state index in [2.05, 4.69) is 10.3 Å². The van der Waals surface area contributed by atoms with Crippen molar-refractivity contribution in [3.63, 3.8) is 0 Å². The highest BCUT2D eigenvalue weighted by Crippen LogP contribution is 2.30. The molecule has 0 aliphatic heterocycles. The molecule has 1 aliphatic rings. The Labute approximate surface area is 76.9 Å². The lowest BCUT2D eigenvalue weighted by Crippen LogP contribution is -2.11. The van der Waals surface area contributed by atoms with E-state index < -0.39 is 0 Å². The molecule has 0 radical (unpaired) electrons. The Kier molecular flexibility index (Phi) is 2.28. The third-order valence-corrected chi connectivity index (χ3v) is 2.12. The van der Waals surface area contributed by atoms with Crippen molar-refractivity contribution in [1.29, 1.82) is 0 Å². The minimum absolute atomic E-state index is 0.435. The smallest absolute Gasteiger partial charge is 0.0991 e. The molecule has 2 rings (SSSR count). The van der Waals surface area contributed by atoms with Gasteiger partial charge in [0.05, 0.1) is 12.2 Å². The van der Waals surface area contributed by atoms with E-state index in [1.165, 1.54) is 12.8 Å². The number of hydrogen-bond acceptors (Lipinski definition) is 4. The first kappa shape index (κ1) is 8.65. The summed E-state index contributed by atoms with van der Waals surface area (Å²) >= 11 is 0. The van der Waals surface area contributed by atoms with Crippen LogP contribution in [0.15, 0.2) is 6.20 Å². The molecule has 5 heteroatoms. The fourth-order valence-corrected chi connectivity index (χ4v) is 1.30. The van der Waals surface area contributed by atoms with Gasteiger partial charge < -0.3 is 5.21 Å². The first-order chi connectivity index (χ1) is 6.24. The summed E-state index contributed by atoms with van der Waals surface area (Å²) in [5, 5.41) is 18.0. The molecule has 0 atom stereocenters. The minimum atomic E-state index is 0.435. The molecular weight excluding hydrogens is 168 g/mol. The predicted octanol–water partition coefficient (Wildman–Crippen LogP) is 0.509. The zero-order valence-electron chi connectivity index (χ0n) is 7.72. The van der Waals surface area contributed by atoms with Crippen molar-refractivity contribution >= 4 is 0 Å². The van der Waals surface area contributed by atoms with Crippen LogP contribution in [-0.2, 0) is 13.1 Å². The molecule has 0 aromatic carbocycles. The summed E-state index contributed by atoms with van der Waals surface area (Å²) in [5.41, 5.74) is 0.811. The van der Waals surface area contributed by atoms with Gasteiger partial charge in [-0.3, -0.25) is 4.68 Å². The molecule has 5 nitrogen and oxygen atoms in total. The molecule has 0 bridgehead atoms. The number of hydroxylamine groups is 2. The summed E-state index contributed by atoms with van der Waals surface area (Å²) in [5.74, 6) is 0.807. The second-order valence-corrected chi connectivity index (χ2v) is 3.69. The van der Waals surface area contributed by atoms with Gasteiger partial charge in [0.2, 0.25) is 0 Å². The van der Waals surface area contributed by atoms with Crippen molar-refractivity contribution in [1.82, 2.24) is 20.1 Å². The Hall–Kier alpha value is -0.940. The van der Waals surface area contributed by atoms with Crippen LogP contribution in [0.3, 0.4) is 0 Å². The molecule has 0 amide bonds. The monoisotopic (exact) mass is 182 g/mol. The van der Waals surface area contributed by atoms with Crippen LogP contribution in [0.4, 0.5) is 0 Å². The number of nitrogens with zero attached hydrogens (tertiary/aromatic N) is 4. The molecule has 1 aliphatic carbocycles. The molecule has 0 spiro atoms. The zero-order chi connectivity index (χ0) is 9.26. The van der Waals surface area contributed by atoms with Gasteiger partial charge in [0.15, 0.2) is 0 Å². The van der Waals surface area contributed by atoms with Crippen LogP contribution >= 0.6 is 0 Å². The normalized spacial score (nSPS) is 16.8. The van der Waals surface area contributed by atoms with Gasteiger partial charge in [0.1, 0.15) is 0 Å². The quantitative estimate of drug-likeness (QED) is 0.689. The Morgan fingerprint density at radius 2 is 2.46 bits per heavy atom. The van der Waals surface area contributed by atoms with Crippen molar-refractivity contribution < 1.29 is 5.21 Å². The lowest BCUT2D eigenvalue weighted by atomic mass is 10.4. The Morgan fingerprint density at radius 3 is 3.08 bits per heavy atom. The molecule has 1 saturated carbocycles. The van der Waals surface area contributed by atoms with Crippen LogP contribution in [0, 0.1) is 5.92 Å². The fourth-order valence-electron chi connectivity index (χ4n) is 1.30. The van der Waals surface area contributed by atoms with E-state index in [9.17, 15) is 0 Å². The highest BCUT2D eigenvalue weighted by atomic mass is 16.5. The number of rotatable bonds is 4. The summed E-state index contributed by atoms with van der Waals surface area (Å²) in [6.45, 7) is 1.41. The maximum Gasteiger partial charge on any atom is 0.0991 e. The highest BCUT2D eigenvalue weighted by Gasteiger charge is 2.22. The molecule has 1 N–H and O–H groups in total. The van der Waals surface area contributed by atoms with E-state index in [4.69, 9.17) is 5.21 Å². The van der Waals surface area contributed by atoms with Crippen molar-refractivity contribution in [3.8, 4) is 0 Å². The van der Waals surface area contributed by atoms with Gasteiger partial charge in [-0.15, -0.1) is 5.10 Å². The standard InChI is InChI=1S/C8H14N4O/c1-11(13)5-8-6-12(10-9-8)4-7-2-3-7/h6-7,13H,2-5H2,1H3. The van der Waals surface area contributed by atoms with Gasteiger partial charge in [-0.25, -0.2) is 0 Å². The van der Waals surface area contributed by atoms with Gasteiger partial charge in [0.25, 0.3) is 0 Å². The van der Waals surface area contributed by atoms with Crippen LogP contribution < -0.4 is 0 Å². The topological polar surface area (TPSA) is 54.2 Å². The van der Waals surface area contributed by atoms with Crippen molar-refractivity contribution in [2.75, 3.05) is 7.05 Å². The summed E-state index contributed by atoms with van der Waals surface area (Å²) in [6, 6.07) is 0. The van der Waals surface area contributed by atoms with E-state index in [-0.39, 0.29) is 0 Å². The molecule has 1 fully saturated rings. The largest absolute Gasteiger partial charge is 0.314 e. The molecule has 1 heterocycles. The number of hydrogen-bond donors (Lipinski definition) is 1. The maximum atomic E-state index is 8.97. The van der Waals surface area contributed by atoms with E-state index >= 15 is 0 Å². The van der Waals surface area contributed by atoms with Gasteiger partial charge in [-0.05, 0) is 18.8 Å². The van der Waals surface area contributed by atoms with Crippen LogP contribution in [0.1, 0.15) is 18.5 Å². The zero-order valence-corrected chi connectivity index (χ0v) is 7.72. The second kappa shape index (κ2) is 3.43. The predicted molar refractivity (Wildman–Crippen MR) is 46.0 cm³/mol. The second-order valence-electron chi connectivity index (χ2n) is 3.69. The lowest BCUT2D eigenvalue weighted by Gasteiger charge is -2.02. The van der Waals surface area contributed by atoms with Gasteiger partial charge in [-0.2, -0.15) is 5.06 Å². The minimum Gasteiger partial charge on any atom is -0.314 e. The van der Waals surface area contributed by atoms with Crippen LogP contribution in [0.5, 0.6) is 0 Å². The summed E-state index contributed by atoms with van der Waals surface area (Å²) < 4.78 is 1.86. The molecule has 1 aromatic rings. The molecule has 72 valence electrons. The Morgan fingerprint density at radius 1 is 1.69 bits per heavy atom. The van der Waals surface area contributed by atoms with Gasteiger partial charge >= 0.3 is 0 Å². The maximum absolute atomic E-state index is 8.97. The molecule has 13 heavy (non-hydrogen) atoms. The van der Waals surface area contributed by atoms with Crippen molar-refractivity contribution in [2.24, 2.45) is 5.92 Å².